The van der Waals surface area contributed by atoms with Gasteiger partial charge in [0.25, 0.3) is 0 Å². The number of phenolic OH excluding ortho intramolecular Hbond substituents is 2. The first kappa shape index (κ1) is 28.4. The van der Waals surface area contributed by atoms with Crippen molar-refractivity contribution in [1.82, 2.24) is 0 Å². The lowest BCUT2D eigenvalue weighted by Crippen LogP contribution is -2.32. The summed E-state index contributed by atoms with van der Waals surface area (Å²) >= 11 is 0. The largest absolute Gasteiger partial charge is 0.508 e. The van der Waals surface area contributed by atoms with Gasteiger partial charge in [-0.1, -0.05) is 121 Å². The van der Waals surface area contributed by atoms with E-state index in [0.29, 0.717) is 11.5 Å². The molecule has 0 heterocycles. The van der Waals surface area contributed by atoms with E-state index in [4.69, 9.17) is 10.2 Å². The number of phenols is 2. The minimum absolute atomic E-state index is 0.322. The van der Waals surface area contributed by atoms with E-state index in [0.717, 1.165) is 6.16 Å². The highest BCUT2D eigenvalue weighted by atomic mass is 31.2. The van der Waals surface area contributed by atoms with Crippen LogP contribution in [0, 0.1) is 0 Å². The molecular weight excluding hydrogens is 507 g/mol. The Labute approximate surface area is 238 Å². The lowest BCUT2D eigenvalue weighted by atomic mass is 10.2. The summed E-state index contributed by atoms with van der Waals surface area (Å²) in [5.74, 6) is 0.644. The molecule has 0 bridgehead atoms. The maximum atomic E-state index is 8.63. The van der Waals surface area contributed by atoms with Crippen LogP contribution in [0.2, 0.25) is 0 Å². The van der Waals surface area contributed by atoms with Gasteiger partial charge in [0, 0.05) is 0 Å². The molecule has 0 aliphatic carbocycles. The summed E-state index contributed by atoms with van der Waals surface area (Å²) in [6.45, 7) is 0. The van der Waals surface area contributed by atoms with E-state index in [1.54, 1.807) is 48.5 Å². The van der Waals surface area contributed by atoms with Gasteiger partial charge in [-0.15, -0.1) is 0 Å². The van der Waals surface area contributed by atoms with E-state index < -0.39 is 7.26 Å². The second-order valence-electron chi connectivity index (χ2n) is 9.13. The van der Waals surface area contributed by atoms with E-state index in [1.165, 1.54) is 21.5 Å². The van der Waals surface area contributed by atoms with Crippen molar-refractivity contribution in [1.29, 1.82) is 0 Å². The minimum Gasteiger partial charge on any atom is -0.508 e. The number of benzene rings is 6. The molecular formula is C37H34O2P+. The standard InChI is InChI=1S/C25H22P.2C6H6O/c1-5-13-22(14-6-1)21-26(23-15-7-2-8-16-23,24-17-9-3-10-18-24)25-19-11-4-12-20-25;2*7-6-4-2-1-3-5-6/h1-20H,21H2;2*1-5,7H/q+1;;. The normalized spacial score (nSPS) is 10.3. The maximum absolute atomic E-state index is 8.63. The van der Waals surface area contributed by atoms with Crippen molar-refractivity contribution in [3.8, 4) is 11.5 Å². The van der Waals surface area contributed by atoms with Crippen LogP contribution in [-0.2, 0) is 6.16 Å². The number of para-hydroxylation sites is 2. The third-order valence-corrected chi connectivity index (χ3v) is 10.7. The first-order chi connectivity index (χ1) is 19.7. The Morgan fingerprint density at radius 1 is 0.325 bits per heavy atom. The lowest BCUT2D eigenvalue weighted by molar-refractivity contribution is 0.475. The van der Waals surface area contributed by atoms with Crippen LogP contribution in [0.15, 0.2) is 182 Å². The first-order valence-corrected chi connectivity index (χ1v) is 15.2. The summed E-state index contributed by atoms with van der Waals surface area (Å²) in [5, 5.41) is 21.6. The molecule has 6 aromatic carbocycles. The van der Waals surface area contributed by atoms with Crippen LogP contribution in [0.1, 0.15) is 5.56 Å². The highest BCUT2D eigenvalue weighted by Gasteiger charge is 2.45. The van der Waals surface area contributed by atoms with Crippen LogP contribution in [-0.4, -0.2) is 10.2 Å². The van der Waals surface area contributed by atoms with Gasteiger partial charge in [0.05, 0.1) is 6.16 Å². The van der Waals surface area contributed by atoms with Crippen molar-refractivity contribution in [2.45, 2.75) is 6.16 Å². The zero-order valence-electron chi connectivity index (χ0n) is 22.4. The molecule has 0 spiro atoms. The molecule has 0 radical (unpaired) electrons. The van der Waals surface area contributed by atoms with Gasteiger partial charge >= 0.3 is 0 Å². The van der Waals surface area contributed by atoms with Crippen LogP contribution >= 0.6 is 7.26 Å². The highest BCUT2D eigenvalue weighted by Crippen LogP contribution is 2.58. The van der Waals surface area contributed by atoms with Crippen molar-refractivity contribution in [3.63, 3.8) is 0 Å². The Balaban J connectivity index is 0.000000215. The lowest BCUT2D eigenvalue weighted by Gasteiger charge is -2.27. The van der Waals surface area contributed by atoms with Crippen LogP contribution in [0.25, 0.3) is 0 Å². The summed E-state index contributed by atoms with van der Waals surface area (Å²) in [6, 6.07) is 61.5. The number of hydrogen-bond acceptors (Lipinski definition) is 2. The van der Waals surface area contributed by atoms with Crippen molar-refractivity contribution >= 4 is 23.2 Å². The Bertz CT molecular complexity index is 1360. The zero-order valence-corrected chi connectivity index (χ0v) is 23.3. The quantitative estimate of drug-likeness (QED) is 0.217. The second-order valence-corrected chi connectivity index (χ2v) is 12.6. The van der Waals surface area contributed by atoms with Crippen LogP contribution < -0.4 is 15.9 Å². The molecule has 0 atom stereocenters. The van der Waals surface area contributed by atoms with E-state index in [2.05, 4.69) is 121 Å². The van der Waals surface area contributed by atoms with Gasteiger partial charge < -0.3 is 10.2 Å². The molecule has 2 N–H and O–H groups in total. The van der Waals surface area contributed by atoms with E-state index in [-0.39, 0.29) is 0 Å². The minimum atomic E-state index is -1.78. The van der Waals surface area contributed by atoms with Gasteiger partial charge in [-0.3, -0.25) is 0 Å². The summed E-state index contributed by atoms with van der Waals surface area (Å²) in [4.78, 5) is 0. The smallest absolute Gasteiger partial charge is 0.116 e. The number of aromatic hydroxyl groups is 2. The maximum Gasteiger partial charge on any atom is 0.116 e. The van der Waals surface area contributed by atoms with Crippen molar-refractivity contribution in [2.75, 3.05) is 0 Å². The molecule has 40 heavy (non-hydrogen) atoms. The van der Waals surface area contributed by atoms with Gasteiger partial charge in [0.15, 0.2) is 0 Å². The molecule has 6 rings (SSSR count). The van der Waals surface area contributed by atoms with Crippen LogP contribution in [0.3, 0.4) is 0 Å². The summed E-state index contributed by atoms with van der Waals surface area (Å²) in [7, 11) is -1.78. The second kappa shape index (κ2) is 15.1. The van der Waals surface area contributed by atoms with Crippen molar-refractivity contribution in [3.05, 3.63) is 188 Å². The highest BCUT2D eigenvalue weighted by molar-refractivity contribution is 7.95. The summed E-state index contributed by atoms with van der Waals surface area (Å²) in [5.41, 5.74) is 1.39. The molecule has 0 aliphatic rings. The average molecular weight is 542 g/mol. The van der Waals surface area contributed by atoms with Crippen LogP contribution in [0.4, 0.5) is 0 Å². The van der Waals surface area contributed by atoms with Gasteiger partial charge in [-0.2, -0.15) is 0 Å². The Hall–Kier alpha value is -4.65. The van der Waals surface area contributed by atoms with Gasteiger partial charge in [0.1, 0.15) is 34.7 Å². The van der Waals surface area contributed by atoms with Crippen molar-refractivity contribution < 1.29 is 10.2 Å². The fourth-order valence-electron chi connectivity index (χ4n) is 4.48. The predicted octanol–water partition coefficient (Wildman–Crippen LogP) is 7.97. The predicted molar refractivity (Wildman–Crippen MR) is 172 cm³/mol. The SMILES string of the molecule is Oc1ccccc1.Oc1ccccc1.c1ccc(C[P+](c2ccccc2)(c2ccccc2)c2ccccc2)cc1. The molecule has 0 amide bonds. The molecule has 0 aliphatic heterocycles. The van der Waals surface area contributed by atoms with E-state index in [1.807, 2.05) is 12.1 Å². The molecule has 0 aromatic heterocycles. The summed E-state index contributed by atoms with van der Waals surface area (Å²) < 4.78 is 0. The monoisotopic (exact) mass is 541 g/mol. The molecule has 6 aromatic rings. The molecule has 0 unspecified atom stereocenters. The average Bonchev–Trinajstić information content (AvgIpc) is 3.03. The van der Waals surface area contributed by atoms with E-state index >= 15 is 0 Å². The number of hydrogen-bond donors (Lipinski definition) is 2. The first-order valence-electron chi connectivity index (χ1n) is 13.3. The third-order valence-electron chi connectivity index (χ3n) is 6.37. The third kappa shape index (κ3) is 7.93. The fraction of sp³-hybridized carbons (Fsp3) is 0.0270. The number of rotatable bonds is 5. The fourth-order valence-corrected chi connectivity index (χ4v) is 8.73. The van der Waals surface area contributed by atoms with E-state index in [9.17, 15) is 0 Å². The summed E-state index contributed by atoms with van der Waals surface area (Å²) in [6.07, 6.45) is 1.03. The topological polar surface area (TPSA) is 40.5 Å². The zero-order chi connectivity index (χ0) is 27.9. The van der Waals surface area contributed by atoms with Gasteiger partial charge in [-0.05, 0) is 66.2 Å². The molecule has 0 saturated carbocycles. The molecule has 198 valence electrons. The molecule has 2 nitrogen and oxygen atoms in total. The van der Waals surface area contributed by atoms with Crippen LogP contribution in [0.5, 0.6) is 11.5 Å². The van der Waals surface area contributed by atoms with Gasteiger partial charge in [-0.25, -0.2) is 0 Å². The Kier molecular flexibility index (Phi) is 10.7. The van der Waals surface area contributed by atoms with Crippen molar-refractivity contribution in [2.24, 2.45) is 0 Å². The Morgan fingerprint density at radius 3 is 0.825 bits per heavy atom. The molecule has 0 saturated heterocycles. The van der Waals surface area contributed by atoms with Gasteiger partial charge in [0.2, 0.25) is 0 Å². The molecule has 0 fully saturated rings. The molecule has 3 heteroatoms. The Morgan fingerprint density at radius 2 is 0.575 bits per heavy atom.